The molecule has 18 nitrogen and oxygen atoms in total. The van der Waals surface area contributed by atoms with Gasteiger partial charge in [0.05, 0.1) is 23.7 Å². The second-order valence-corrected chi connectivity index (χ2v) is 11.4. The van der Waals surface area contributed by atoms with E-state index in [9.17, 15) is 38.7 Å². The molecule has 0 radical (unpaired) electrons. The average molecular weight is 549 g/mol. The zero-order chi connectivity index (χ0) is 25.7. The van der Waals surface area contributed by atoms with Crippen molar-refractivity contribution in [2.75, 3.05) is 6.61 Å². The van der Waals surface area contributed by atoms with Crippen LogP contribution in [0.4, 0.5) is 0 Å². The smallest absolute Gasteiger partial charge is 0.387 e. The third-order valence-electron chi connectivity index (χ3n) is 4.38. The van der Waals surface area contributed by atoms with Crippen LogP contribution in [0, 0.1) is 6.92 Å². The molecule has 34 heavy (non-hydrogen) atoms. The minimum Gasteiger partial charge on any atom is -0.387 e. The molecule has 3 heterocycles. The van der Waals surface area contributed by atoms with Gasteiger partial charge in [-0.1, -0.05) is 0 Å². The summed E-state index contributed by atoms with van der Waals surface area (Å²) in [7, 11) is -17.0. The molecule has 190 valence electrons. The number of aryl methyl sites for hydroxylation is 1. The second-order valence-electron chi connectivity index (χ2n) is 6.97. The molecule has 0 saturated carbocycles. The first-order valence-corrected chi connectivity index (χ1v) is 13.4. The number of H-pyrrole nitrogens is 1. The van der Waals surface area contributed by atoms with E-state index in [0.29, 0.717) is 5.69 Å². The van der Waals surface area contributed by atoms with E-state index in [1.165, 1.54) is 13.0 Å². The van der Waals surface area contributed by atoms with E-state index in [2.05, 4.69) is 28.3 Å². The number of fused-ring (bicyclic) bond motifs is 1. The van der Waals surface area contributed by atoms with Crippen molar-refractivity contribution in [1.29, 1.82) is 0 Å². The summed E-state index contributed by atoms with van der Waals surface area (Å²) in [4.78, 5) is 50.6. The minimum atomic E-state index is -5.79. The monoisotopic (exact) mass is 549 g/mol. The lowest BCUT2D eigenvalue weighted by atomic mass is 10.0. The van der Waals surface area contributed by atoms with Gasteiger partial charge in [0.15, 0.2) is 5.43 Å². The van der Waals surface area contributed by atoms with Gasteiger partial charge in [-0.15, -0.1) is 5.10 Å². The number of aliphatic hydroxyl groups is 3. The fourth-order valence-electron chi connectivity index (χ4n) is 3.06. The summed E-state index contributed by atoms with van der Waals surface area (Å²) in [5, 5.41) is 38.7. The van der Waals surface area contributed by atoms with Gasteiger partial charge in [-0.3, -0.25) is 9.32 Å². The Morgan fingerprint density at radius 3 is 2.41 bits per heavy atom. The standard InChI is InChI=1S/C13H18N3O15P3/c1-5-2-7(17)6-3-14-16-11(9(6)15-5)13(20)12(19)10(18)8(29-13)4-28-33(24,25)31-34(26,27)30-32(21,22)23/h2-3,8,10,12,18-20H,4H2,1H3,(H,15,17)(H,24,25)(H,26,27)(H2,21,22,23)/t8-,10-,12-,13+/m1/s1. The van der Waals surface area contributed by atoms with Gasteiger partial charge in [-0.05, 0) is 6.92 Å². The number of nitrogens with zero attached hydrogens (tertiary/aromatic N) is 2. The molecule has 0 aliphatic carbocycles. The normalized spacial score (nSPS) is 29.1. The highest BCUT2D eigenvalue weighted by molar-refractivity contribution is 7.66. The maximum atomic E-state index is 12.2. The molecule has 6 atom stereocenters. The summed E-state index contributed by atoms with van der Waals surface area (Å²) in [5.41, 5.74) is -0.781. The lowest BCUT2D eigenvalue weighted by Gasteiger charge is -2.25. The molecule has 0 aromatic carbocycles. The first kappa shape index (κ1) is 27.1. The Morgan fingerprint density at radius 2 is 1.79 bits per heavy atom. The van der Waals surface area contributed by atoms with Crippen molar-refractivity contribution in [3.8, 4) is 0 Å². The van der Waals surface area contributed by atoms with Crippen molar-refractivity contribution in [2.24, 2.45) is 0 Å². The van der Waals surface area contributed by atoms with Gasteiger partial charge >= 0.3 is 23.5 Å². The number of phosphoric ester groups is 1. The zero-order valence-corrected chi connectivity index (χ0v) is 19.4. The first-order chi connectivity index (χ1) is 15.4. The number of hydrogen-bond acceptors (Lipinski definition) is 13. The minimum absolute atomic E-state index is 0.0500. The highest BCUT2D eigenvalue weighted by Gasteiger charge is 2.57. The molecule has 2 aromatic heterocycles. The Hall–Kier alpha value is -1.46. The lowest BCUT2D eigenvalue weighted by Crippen LogP contribution is -2.42. The maximum absolute atomic E-state index is 12.2. The molecule has 21 heteroatoms. The van der Waals surface area contributed by atoms with Crippen LogP contribution in [0.5, 0.6) is 0 Å². The van der Waals surface area contributed by atoms with Crippen molar-refractivity contribution in [3.05, 3.63) is 33.9 Å². The fraction of sp³-hybridized carbons (Fsp3) is 0.462. The van der Waals surface area contributed by atoms with E-state index in [0.717, 1.165) is 6.20 Å². The topological polar surface area (TPSA) is 288 Å². The van der Waals surface area contributed by atoms with E-state index < -0.39 is 65.3 Å². The molecule has 8 N–H and O–H groups in total. The van der Waals surface area contributed by atoms with Crippen molar-refractivity contribution < 1.29 is 66.5 Å². The number of hydrogen-bond donors (Lipinski definition) is 8. The summed E-state index contributed by atoms with van der Waals surface area (Å²) in [6.45, 7) is 0.347. The number of aromatic amines is 1. The number of aromatic nitrogens is 3. The van der Waals surface area contributed by atoms with Gasteiger partial charge in [0.2, 0.25) is 5.79 Å². The van der Waals surface area contributed by atoms with Crippen molar-refractivity contribution >= 4 is 34.4 Å². The van der Waals surface area contributed by atoms with Gasteiger partial charge in [0.25, 0.3) is 0 Å². The number of rotatable bonds is 8. The molecular formula is C13H18N3O15P3. The van der Waals surface area contributed by atoms with E-state index in [-0.39, 0.29) is 10.9 Å². The van der Waals surface area contributed by atoms with Gasteiger partial charge in [0, 0.05) is 11.8 Å². The Bertz CT molecular complexity index is 1300. The molecule has 2 aromatic rings. The quantitative estimate of drug-likeness (QED) is 0.169. The Morgan fingerprint density at radius 1 is 1.15 bits per heavy atom. The van der Waals surface area contributed by atoms with Crippen LogP contribution in [-0.4, -0.2) is 75.0 Å². The molecule has 0 amide bonds. The Kier molecular flexibility index (Phi) is 7.34. The van der Waals surface area contributed by atoms with Crippen LogP contribution in [0.3, 0.4) is 0 Å². The van der Waals surface area contributed by atoms with Crippen LogP contribution in [0.25, 0.3) is 10.9 Å². The van der Waals surface area contributed by atoms with Crippen LogP contribution < -0.4 is 5.43 Å². The summed E-state index contributed by atoms with van der Waals surface area (Å²) < 4.78 is 50.5. The summed E-state index contributed by atoms with van der Waals surface area (Å²) in [5.74, 6) is -2.81. The van der Waals surface area contributed by atoms with Crippen LogP contribution in [0.15, 0.2) is 17.1 Å². The molecule has 1 saturated heterocycles. The van der Waals surface area contributed by atoms with Gasteiger partial charge in [0.1, 0.15) is 24.0 Å². The average Bonchev–Trinajstić information content (AvgIpc) is 2.88. The predicted molar refractivity (Wildman–Crippen MR) is 105 cm³/mol. The number of ether oxygens (including phenoxy) is 1. The van der Waals surface area contributed by atoms with Gasteiger partial charge in [-0.25, -0.2) is 13.7 Å². The third kappa shape index (κ3) is 5.84. The molecule has 3 rings (SSSR count). The van der Waals surface area contributed by atoms with Crippen LogP contribution in [-0.2, 0) is 37.4 Å². The van der Waals surface area contributed by atoms with Crippen LogP contribution in [0.1, 0.15) is 11.4 Å². The first-order valence-electron chi connectivity index (χ1n) is 8.84. The lowest BCUT2D eigenvalue weighted by molar-refractivity contribution is -0.241. The molecule has 2 unspecified atom stereocenters. The number of phosphoric acid groups is 3. The molecule has 0 spiro atoms. The molecule has 1 aliphatic rings. The van der Waals surface area contributed by atoms with Crippen LogP contribution >= 0.6 is 23.5 Å². The number of pyridine rings is 1. The van der Waals surface area contributed by atoms with Crippen molar-refractivity contribution in [3.63, 3.8) is 0 Å². The highest BCUT2D eigenvalue weighted by atomic mass is 31.3. The van der Waals surface area contributed by atoms with E-state index in [1.807, 2.05) is 0 Å². The molecular weight excluding hydrogens is 531 g/mol. The van der Waals surface area contributed by atoms with E-state index in [4.69, 9.17) is 19.4 Å². The second kappa shape index (κ2) is 9.20. The van der Waals surface area contributed by atoms with Gasteiger partial charge < -0.3 is 44.6 Å². The zero-order valence-electron chi connectivity index (χ0n) is 16.7. The SMILES string of the molecule is Cc1cc(=O)c2cnnc([C@]3(O)O[C@H](COP(=O)(O)OP(=O)(O)OP(=O)(O)O)[C@@H](O)[C@H]3O)c2[nH]1. The Labute approximate surface area is 188 Å². The Balaban J connectivity index is 1.83. The van der Waals surface area contributed by atoms with E-state index in [1.54, 1.807) is 0 Å². The number of nitrogens with one attached hydrogen (secondary N) is 1. The maximum Gasteiger partial charge on any atom is 0.490 e. The predicted octanol–water partition coefficient (Wildman–Crippen LogP) is -1.76. The van der Waals surface area contributed by atoms with Crippen molar-refractivity contribution in [2.45, 2.75) is 31.0 Å². The highest BCUT2D eigenvalue weighted by Crippen LogP contribution is 2.66. The molecule has 1 aliphatic heterocycles. The van der Waals surface area contributed by atoms with Crippen LogP contribution in [0.2, 0.25) is 0 Å². The third-order valence-corrected chi connectivity index (χ3v) is 8.18. The molecule has 1 fully saturated rings. The molecule has 0 bridgehead atoms. The fourth-order valence-corrected chi connectivity index (χ4v) is 6.09. The largest absolute Gasteiger partial charge is 0.490 e. The van der Waals surface area contributed by atoms with E-state index >= 15 is 0 Å². The number of aliphatic hydroxyl groups excluding tert-OH is 2. The van der Waals surface area contributed by atoms with Gasteiger partial charge in [-0.2, -0.15) is 13.7 Å². The summed E-state index contributed by atoms with van der Waals surface area (Å²) in [6.07, 6.45) is -4.89. The summed E-state index contributed by atoms with van der Waals surface area (Å²) in [6, 6.07) is 1.23. The summed E-state index contributed by atoms with van der Waals surface area (Å²) >= 11 is 0. The van der Waals surface area contributed by atoms with Crippen molar-refractivity contribution in [1.82, 2.24) is 15.2 Å².